The summed E-state index contributed by atoms with van der Waals surface area (Å²) in [5, 5.41) is 13.6. The van der Waals surface area contributed by atoms with Crippen LogP contribution in [0.4, 0.5) is 17.1 Å². The molecule has 0 bridgehead atoms. The number of fused-ring (bicyclic) bond motifs is 1. The van der Waals surface area contributed by atoms with E-state index in [2.05, 4.69) is 5.32 Å². The average molecular weight is 435 g/mol. The normalized spacial score (nSPS) is 14.0. The van der Waals surface area contributed by atoms with E-state index in [1.165, 1.54) is 37.3 Å². The van der Waals surface area contributed by atoms with Gasteiger partial charge in [0.25, 0.3) is 5.69 Å². The third kappa shape index (κ3) is 4.46. The zero-order valence-electron chi connectivity index (χ0n) is 16.6. The Morgan fingerprint density at radius 3 is 2.47 bits per heavy atom. The van der Waals surface area contributed by atoms with Gasteiger partial charge in [-0.1, -0.05) is 6.07 Å². The van der Waals surface area contributed by atoms with Gasteiger partial charge in [-0.3, -0.25) is 19.2 Å². The Bertz CT molecular complexity index is 1100. The van der Waals surface area contributed by atoms with E-state index in [1.54, 1.807) is 13.0 Å². The number of carbonyl (C=O) groups is 1. The molecule has 1 aliphatic heterocycles. The summed E-state index contributed by atoms with van der Waals surface area (Å²) >= 11 is 0. The molecule has 1 atom stereocenters. The minimum absolute atomic E-state index is 0.185. The second kappa shape index (κ2) is 8.19. The van der Waals surface area contributed by atoms with Crippen LogP contribution in [0, 0.1) is 17.0 Å². The van der Waals surface area contributed by atoms with Crippen LogP contribution in [0.1, 0.15) is 12.5 Å². The van der Waals surface area contributed by atoms with E-state index in [1.807, 2.05) is 0 Å². The largest absolute Gasteiger partial charge is 0.486 e. The molecule has 0 aromatic heterocycles. The van der Waals surface area contributed by atoms with Gasteiger partial charge < -0.3 is 14.8 Å². The summed E-state index contributed by atoms with van der Waals surface area (Å²) in [4.78, 5) is 23.3. The molecule has 0 saturated carbocycles. The van der Waals surface area contributed by atoms with E-state index in [0.717, 1.165) is 10.6 Å². The van der Waals surface area contributed by atoms with E-state index < -0.39 is 26.9 Å². The lowest BCUT2D eigenvalue weighted by Gasteiger charge is -2.29. The minimum atomic E-state index is -3.84. The highest BCUT2D eigenvalue weighted by molar-refractivity contribution is 7.92. The number of aryl methyl sites for hydroxylation is 1. The number of hydrogen-bond acceptors (Lipinski definition) is 7. The Labute approximate surface area is 173 Å². The van der Waals surface area contributed by atoms with Crippen LogP contribution in [0.2, 0.25) is 0 Å². The van der Waals surface area contributed by atoms with Gasteiger partial charge in [0, 0.05) is 18.2 Å². The summed E-state index contributed by atoms with van der Waals surface area (Å²) in [5.41, 5.74) is 0.888. The number of anilines is 2. The Morgan fingerprint density at radius 2 is 1.83 bits per heavy atom. The number of nitrogens with zero attached hydrogens (tertiary/aromatic N) is 2. The summed E-state index contributed by atoms with van der Waals surface area (Å²) in [6.45, 7) is 3.83. The van der Waals surface area contributed by atoms with E-state index >= 15 is 0 Å². The van der Waals surface area contributed by atoms with Crippen molar-refractivity contribution in [2.24, 2.45) is 0 Å². The molecule has 0 spiro atoms. The molecule has 1 aliphatic rings. The summed E-state index contributed by atoms with van der Waals surface area (Å²) < 4.78 is 36.9. The smallest absolute Gasteiger partial charge is 0.271 e. The molecule has 1 heterocycles. The fourth-order valence-corrected chi connectivity index (χ4v) is 4.24. The molecule has 11 heteroatoms. The van der Waals surface area contributed by atoms with Gasteiger partial charge >= 0.3 is 0 Å². The molecule has 0 radical (unpaired) electrons. The summed E-state index contributed by atoms with van der Waals surface area (Å²) in [5.74, 6) is 0.233. The highest BCUT2D eigenvalue weighted by Crippen LogP contribution is 2.35. The Morgan fingerprint density at radius 1 is 1.17 bits per heavy atom. The van der Waals surface area contributed by atoms with Gasteiger partial charge in [-0.25, -0.2) is 8.42 Å². The van der Waals surface area contributed by atoms with Gasteiger partial charge in [0.05, 0.1) is 22.6 Å². The molecule has 0 aliphatic carbocycles. The van der Waals surface area contributed by atoms with Crippen LogP contribution in [0.25, 0.3) is 0 Å². The van der Waals surface area contributed by atoms with Gasteiger partial charge in [0.2, 0.25) is 15.9 Å². The third-order valence-corrected chi connectivity index (χ3v) is 5.80. The lowest BCUT2D eigenvalue weighted by atomic mass is 10.1. The Hall–Kier alpha value is -3.34. The number of rotatable bonds is 6. The first kappa shape index (κ1) is 21.4. The first-order valence-electron chi connectivity index (χ1n) is 9.03. The first-order valence-corrected chi connectivity index (χ1v) is 10.9. The maximum absolute atomic E-state index is 12.9. The maximum Gasteiger partial charge on any atom is 0.271 e. The third-order valence-electron chi connectivity index (χ3n) is 4.56. The first-order chi connectivity index (χ1) is 14.1. The van der Waals surface area contributed by atoms with Crippen LogP contribution in [0.15, 0.2) is 36.4 Å². The zero-order chi connectivity index (χ0) is 22.1. The van der Waals surface area contributed by atoms with Gasteiger partial charge in [-0.2, -0.15) is 0 Å². The van der Waals surface area contributed by atoms with E-state index in [0.29, 0.717) is 30.3 Å². The van der Waals surface area contributed by atoms with E-state index in [4.69, 9.17) is 9.47 Å². The number of nitro groups is 1. The van der Waals surface area contributed by atoms with Gasteiger partial charge in [0.15, 0.2) is 11.5 Å². The molecule has 30 heavy (non-hydrogen) atoms. The van der Waals surface area contributed by atoms with E-state index in [9.17, 15) is 23.3 Å². The number of carbonyl (C=O) groups excluding carboxylic acids is 1. The van der Waals surface area contributed by atoms with Crippen LogP contribution in [0.5, 0.6) is 11.5 Å². The van der Waals surface area contributed by atoms with Crippen molar-refractivity contribution in [2.45, 2.75) is 19.9 Å². The number of sulfonamides is 1. The number of non-ortho nitro benzene ring substituents is 1. The second-order valence-electron chi connectivity index (χ2n) is 6.81. The topological polar surface area (TPSA) is 128 Å². The predicted molar refractivity (Wildman–Crippen MR) is 111 cm³/mol. The van der Waals surface area contributed by atoms with Crippen molar-refractivity contribution in [3.8, 4) is 11.5 Å². The molecule has 1 N–H and O–H groups in total. The molecule has 2 aromatic rings. The monoisotopic (exact) mass is 435 g/mol. The molecule has 10 nitrogen and oxygen atoms in total. The second-order valence-corrected chi connectivity index (χ2v) is 8.67. The van der Waals surface area contributed by atoms with Crippen molar-refractivity contribution in [3.63, 3.8) is 0 Å². The lowest BCUT2D eigenvalue weighted by Crippen LogP contribution is -2.45. The van der Waals surface area contributed by atoms with E-state index in [-0.39, 0.29) is 17.1 Å². The fourth-order valence-electron chi connectivity index (χ4n) is 3.07. The van der Waals surface area contributed by atoms with Crippen molar-refractivity contribution in [1.29, 1.82) is 0 Å². The zero-order valence-corrected chi connectivity index (χ0v) is 17.4. The number of benzene rings is 2. The molecule has 3 rings (SSSR count). The fraction of sp³-hybridized carbons (Fsp3) is 0.316. The van der Waals surface area contributed by atoms with Gasteiger partial charge in [-0.05, 0) is 31.5 Å². The maximum atomic E-state index is 12.9. The highest BCUT2D eigenvalue weighted by atomic mass is 32.2. The lowest BCUT2D eigenvalue weighted by molar-refractivity contribution is -0.384. The van der Waals surface area contributed by atoms with Crippen molar-refractivity contribution in [1.82, 2.24) is 0 Å². The number of nitrogens with one attached hydrogen (secondary N) is 1. The molecule has 1 amide bonds. The van der Waals surface area contributed by atoms with Crippen molar-refractivity contribution < 1.29 is 27.6 Å². The van der Waals surface area contributed by atoms with Crippen LogP contribution in [-0.4, -0.2) is 44.8 Å². The van der Waals surface area contributed by atoms with Crippen LogP contribution >= 0.6 is 0 Å². The van der Waals surface area contributed by atoms with Crippen LogP contribution < -0.4 is 19.1 Å². The van der Waals surface area contributed by atoms with Gasteiger partial charge in [0.1, 0.15) is 19.3 Å². The van der Waals surface area contributed by atoms with Crippen molar-refractivity contribution in [2.75, 3.05) is 29.1 Å². The minimum Gasteiger partial charge on any atom is -0.486 e. The molecular weight excluding hydrogens is 414 g/mol. The molecule has 0 unspecified atom stereocenters. The van der Waals surface area contributed by atoms with Crippen LogP contribution in [-0.2, 0) is 14.8 Å². The quantitative estimate of drug-likeness (QED) is 0.545. The molecule has 0 fully saturated rings. The Kier molecular flexibility index (Phi) is 5.83. The molecule has 2 aromatic carbocycles. The molecule has 160 valence electrons. The number of amides is 1. The SMILES string of the molecule is Cc1ccc([N+](=O)[O-])cc1NC(=O)[C@@H](C)N(c1ccc2c(c1)OCCO2)S(C)(=O)=O. The van der Waals surface area contributed by atoms with Gasteiger partial charge in [-0.15, -0.1) is 0 Å². The summed E-state index contributed by atoms with van der Waals surface area (Å²) in [7, 11) is -3.84. The average Bonchev–Trinajstić information content (AvgIpc) is 2.68. The standard InChI is InChI=1S/C19H21N3O7S/c1-12-4-5-15(22(24)25)10-16(12)20-19(23)13(2)21(30(3,26)27)14-6-7-17-18(11-14)29-9-8-28-17/h4-7,10-11,13H,8-9H2,1-3H3,(H,20,23)/t13-/m1/s1. The predicted octanol–water partition coefficient (Wildman–Crippen LogP) is 2.47. The molecular formula is C19H21N3O7S. The number of ether oxygens (including phenoxy) is 2. The number of hydrogen-bond donors (Lipinski definition) is 1. The number of nitro benzene ring substituents is 1. The van der Waals surface area contributed by atoms with Crippen molar-refractivity contribution >= 4 is 33.0 Å². The summed E-state index contributed by atoms with van der Waals surface area (Å²) in [6.07, 6.45) is 0.992. The molecule has 0 saturated heterocycles. The summed E-state index contributed by atoms with van der Waals surface area (Å²) in [6, 6.07) is 7.53. The highest BCUT2D eigenvalue weighted by Gasteiger charge is 2.30. The van der Waals surface area contributed by atoms with Crippen LogP contribution in [0.3, 0.4) is 0 Å². The van der Waals surface area contributed by atoms with Crippen molar-refractivity contribution in [3.05, 3.63) is 52.1 Å². The Balaban J connectivity index is 1.91.